The number of aromatic hydroxyl groups is 1. The lowest BCUT2D eigenvalue weighted by atomic mass is 10.0. The summed E-state index contributed by atoms with van der Waals surface area (Å²) < 4.78 is 4.94. The van der Waals surface area contributed by atoms with E-state index in [1.54, 1.807) is 0 Å². The Morgan fingerprint density at radius 3 is 2.61 bits per heavy atom. The highest BCUT2D eigenvalue weighted by atomic mass is 32.2. The number of imide groups is 1. The Morgan fingerprint density at radius 1 is 1.13 bits per heavy atom. The van der Waals surface area contributed by atoms with Gasteiger partial charge in [-0.15, -0.1) is 0 Å². The fourth-order valence-corrected chi connectivity index (χ4v) is 4.29. The lowest BCUT2D eigenvalue weighted by Gasteiger charge is -2.14. The van der Waals surface area contributed by atoms with Crippen LogP contribution in [0.25, 0.3) is 16.8 Å². The molecule has 1 aliphatic heterocycles. The van der Waals surface area contributed by atoms with Gasteiger partial charge in [-0.1, -0.05) is 42.5 Å². The summed E-state index contributed by atoms with van der Waals surface area (Å²) in [4.78, 5) is 37.5. The summed E-state index contributed by atoms with van der Waals surface area (Å²) in [6.45, 7) is 0.0877. The van der Waals surface area contributed by atoms with Gasteiger partial charge in [0.05, 0.1) is 29.0 Å². The number of nitro groups is 1. The molecule has 4 rings (SSSR count). The summed E-state index contributed by atoms with van der Waals surface area (Å²) in [5, 5.41) is 22.8. The number of hydrogen-bond acceptors (Lipinski definition) is 7. The third-order valence-electron chi connectivity index (χ3n) is 4.90. The summed E-state index contributed by atoms with van der Waals surface area (Å²) in [5.74, 6) is -1.24. The Hall–Kier alpha value is -3.85. The third-order valence-corrected chi connectivity index (χ3v) is 5.80. The Balaban J connectivity index is 1.69. The molecule has 9 heteroatoms. The van der Waals surface area contributed by atoms with Crippen molar-refractivity contribution in [2.24, 2.45) is 0 Å². The maximum atomic E-state index is 12.9. The van der Waals surface area contributed by atoms with Crippen molar-refractivity contribution < 1.29 is 24.4 Å². The highest BCUT2D eigenvalue weighted by Gasteiger charge is 2.36. The maximum Gasteiger partial charge on any atom is 0.322 e. The molecule has 3 aromatic carbocycles. The molecule has 0 atom stereocenters. The Kier molecular flexibility index (Phi) is 5.35. The van der Waals surface area contributed by atoms with Crippen LogP contribution < -0.4 is 4.74 Å². The first-order valence-electron chi connectivity index (χ1n) is 9.17. The number of ether oxygens (including phenoxy) is 1. The summed E-state index contributed by atoms with van der Waals surface area (Å²) in [6.07, 6.45) is 1.27. The van der Waals surface area contributed by atoms with E-state index < -0.39 is 27.5 Å². The highest BCUT2D eigenvalue weighted by molar-refractivity contribution is 8.18. The Labute approximate surface area is 180 Å². The Morgan fingerprint density at radius 2 is 1.87 bits per heavy atom. The molecular formula is C22H16N2O6S. The smallest absolute Gasteiger partial charge is 0.322 e. The van der Waals surface area contributed by atoms with Gasteiger partial charge in [-0.3, -0.25) is 24.6 Å². The molecule has 8 nitrogen and oxygen atoms in total. The van der Waals surface area contributed by atoms with Gasteiger partial charge in [-0.25, -0.2) is 0 Å². The van der Waals surface area contributed by atoms with E-state index in [0.717, 1.165) is 21.2 Å². The Bertz CT molecular complexity index is 1260. The van der Waals surface area contributed by atoms with Crippen LogP contribution in [0.2, 0.25) is 0 Å². The predicted molar refractivity (Wildman–Crippen MR) is 117 cm³/mol. The van der Waals surface area contributed by atoms with E-state index in [2.05, 4.69) is 0 Å². The molecule has 1 N–H and O–H groups in total. The van der Waals surface area contributed by atoms with Crippen LogP contribution in [0.3, 0.4) is 0 Å². The van der Waals surface area contributed by atoms with E-state index in [4.69, 9.17) is 4.74 Å². The zero-order chi connectivity index (χ0) is 22.1. The number of methoxy groups -OCH3 is 1. The number of hydrogen-bond donors (Lipinski definition) is 1. The SMILES string of the molecule is COc1c(O)ccc(/C=C2\SC(=O)N(Cc3cccc4ccccc34)C2=O)c1[N+](=O)[O-]. The highest BCUT2D eigenvalue weighted by Crippen LogP contribution is 2.41. The van der Waals surface area contributed by atoms with Crippen molar-refractivity contribution in [1.29, 1.82) is 0 Å². The number of rotatable bonds is 5. The van der Waals surface area contributed by atoms with Crippen LogP contribution in [-0.4, -0.2) is 33.2 Å². The molecule has 31 heavy (non-hydrogen) atoms. The van der Waals surface area contributed by atoms with Crippen LogP contribution in [0, 0.1) is 10.1 Å². The van der Waals surface area contributed by atoms with Gasteiger partial charge in [0.1, 0.15) is 0 Å². The molecule has 0 saturated carbocycles. The topological polar surface area (TPSA) is 110 Å². The van der Waals surface area contributed by atoms with E-state index >= 15 is 0 Å². The minimum Gasteiger partial charge on any atom is -0.504 e. The van der Waals surface area contributed by atoms with Gasteiger partial charge in [0.2, 0.25) is 5.75 Å². The molecule has 0 radical (unpaired) electrons. The fraction of sp³-hybridized carbons (Fsp3) is 0.0909. The van der Waals surface area contributed by atoms with Crippen LogP contribution >= 0.6 is 11.8 Å². The van der Waals surface area contributed by atoms with Crippen LogP contribution in [0.15, 0.2) is 59.5 Å². The number of carbonyl (C=O) groups is 2. The van der Waals surface area contributed by atoms with Gasteiger partial charge in [0.15, 0.2) is 5.75 Å². The van der Waals surface area contributed by atoms with Crippen molar-refractivity contribution in [3.05, 3.63) is 80.7 Å². The van der Waals surface area contributed by atoms with Crippen molar-refractivity contribution in [3.63, 3.8) is 0 Å². The number of phenols is 1. The predicted octanol–water partition coefficient (Wildman–Crippen LogP) is 4.70. The summed E-state index contributed by atoms with van der Waals surface area (Å²) in [5.41, 5.74) is 0.387. The standard InChI is InChI=1S/C22H16N2O6S/c1-30-20-17(25)10-9-14(19(20)24(28)29)11-18-21(26)23(22(27)31-18)12-15-7-4-6-13-5-2-3-8-16(13)15/h2-11,25H,12H2,1H3/b18-11-. The minimum atomic E-state index is -0.704. The quantitative estimate of drug-likeness (QED) is 0.351. The zero-order valence-electron chi connectivity index (χ0n) is 16.3. The molecule has 1 heterocycles. The maximum absolute atomic E-state index is 12.9. The number of thioether (sulfide) groups is 1. The van der Waals surface area contributed by atoms with E-state index in [9.17, 15) is 24.8 Å². The van der Waals surface area contributed by atoms with Crippen molar-refractivity contribution in [2.45, 2.75) is 6.54 Å². The second-order valence-corrected chi connectivity index (χ2v) is 7.71. The van der Waals surface area contributed by atoms with Gasteiger partial charge in [-0.05, 0) is 46.3 Å². The molecule has 156 valence electrons. The van der Waals surface area contributed by atoms with E-state index in [-0.39, 0.29) is 22.8 Å². The molecule has 1 aliphatic rings. The minimum absolute atomic E-state index is 0.0512. The van der Waals surface area contributed by atoms with Crippen molar-refractivity contribution >= 4 is 45.4 Å². The van der Waals surface area contributed by atoms with Crippen molar-refractivity contribution in [3.8, 4) is 11.5 Å². The molecule has 3 aromatic rings. The summed E-state index contributed by atoms with van der Waals surface area (Å²) in [6, 6.07) is 15.9. The number of phenolic OH excluding ortho intramolecular Hbond substituents is 1. The number of benzene rings is 3. The first-order chi connectivity index (χ1) is 14.9. The monoisotopic (exact) mass is 436 g/mol. The molecular weight excluding hydrogens is 420 g/mol. The average molecular weight is 436 g/mol. The molecule has 0 bridgehead atoms. The lowest BCUT2D eigenvalue weighted by Crippen LogP contribution is -2.27. The second-order valence-electron chi connectivity index (χ2n) is 6.72. The summed E-state index contributed by atoms with van der Waals surface area (Å²) >= 11 is 0.712. The number of amides is 2. The molecule has 0 aliphatic carbocycles. The van der Waals surface area contributed by atoms with Gasteiger partial charge < -0.3 is 9.84 Å². The van der Waals surface area contributed by atoms with E-state index in [1.807, 2.05) is 42.5 Å². The second kappa shape index (κ2) is 8.11. The average Bonchev–Trinajstić information content (AvgIpc) is 3.02. The summed E-state index contributed by atoms with van der Waals surface area (Å²) in [7, 11) is 1.20. The molecule has 1 saturated heterocycles. The third kappa shape index (κ3) is 3.71. The first kappa shape index (κ1) is 20.4. The molecule has 0 spiro atoms. The number of nitrogens with zero attached hydrogens (tertiary/aromatic N) is 2. The molecule has 2 amide bonds. The normalized spacial score (nSPS) is 15.1. The van der Waals surface area contributed by atoms with Crippen LogP contribution in [-0.2, 0) is 11.3 Å². The van der Waals surface area contributed by atoms with Crippen LogP contribution in [0.5, 0.6) is 11.5 Å². The van der Waals surface area contributed by atoms with Gasteiger partial charge in [-0.2, -0.15) is 0 Å². The van der Waals surface area contributed by atoms with Gasteiger partial charge in [0, 0.05) is 0 Å². The number of nitro benzene ring substituents is 1. The van der Waals surface area contributed by atoms with Crippen LogP contribution in [0.1, 0.15) is 11.1 Å². The molecule has 0 aromatic heterocycles. The largest absolute Gasteiger partial charge is 0.504 e. The van der Waals surface area contributed by atoms with Crippen molar-refractivity contribution in [1.82, 2.24) is 4.90 Å². The van der Waals surface area contributed by atoms with Gasteiger partial charge >= 0.3 is 5.69 Å². The lowest BCUT2D eigenvalue weighted by molar-refractivity contribution is -0.386. The fourth-order valence-electron chi connectivity index (χ4n) is 3.46. The van der Waals surface area contributed by atoms with Gasteiger partial charge in [0.25, 0.3) is 11.1 Å². The van der Waals surface area contributed by atoms with Crippen molar-refractivity contribution in [2.75, 3.05) is 7.11 Å². The van der Waals surface area contributed by atoms with E-state index in [0.29, 0.717) is 11.8 Å². The number of carbonyl (C=O) groups excluding carboxylic acids is 2. The number of fused-ring (bicyclic) bond motifs is 1. The molecule has 0 unspecified atom stereocenters. The molecule has 1 fully saturated rings. The van der Waals surface area contributed by atoms with E-state index in [1.165, 1.54) is 25.3 Å². The zero-order valence-corrected chi connectivity index (χ0v) is 17.1. The van der Waals surface area contributed by atoms with Crippen LogP contribution in [0.4, 0.5) is 10.5 Å². The first-order valence-corrected chi connectivity index (χ1v) is 9.98.